The predicted molar refractivity (Wildman–Crippen MR) is 63.6 cm³/mol. The molecule has 1 aliphatic carbocycles. The standard InChI is InChI=1S/C13H18O5/c1-4-9-6-13(11(15)17-3,7-10(9)8-14)12(16)18-5-2/h4,8-10H,1,5-7H2,2-3H3/t9-,10+,13?/m1/s1. The summed E-state index contributed by atoms with van der Waals surface area (Å²) in [6, 6.07) is 0. The fourth-order valence-electron chi connectivity index (χ4n) is 2.48. The number of aldehydes is 1. The first-order chi connectivity index (χ1) is 8.55. The quantitative estimate of drug-likeness (QED) is 0.318. The molecule has 100 valence electrons. The smallest absolute Gasteiger partial charge is 0.323 e. The monoisotopic (exact) mass is 254 g/mol. The topological polar surface area (TPSA) is 69.7 Å². The lowest BCUT2D eigenvalue weighted by Crippen LogP contribution is -2.39. The van der Waals surface area contributed by atoms with Gasteiger partial charge in [-0.3, -0.25) is 9.59 Å². The van der Waals surface area contributed by atoms with E-state index in [1.54, 1.807) is 13.0 Å². The van der Waals surface area contributed by atoms with Gasteiger partial charge in [0.2, 0.25) is 0 Å². The molecule has 1 fully saturated rings. The van der Waals surface area contributed by atoms with Crippen LogP contribution in [0.2, 0.25) is 0 Å². The molecule has 5 nitrogen and oxygen atoms in total. The van der Waals surface area contributed by atoms with Crippen molar-refractivity contribution in [3.8, 4) is 0 Å². The van der Waals surface area contributed by atoms with Gasteiger partial charge in [-0.25, -0.2) is 0 Å². The molecule has 1 aliphatic rings. The molecule has 1 rings (SSSR count). The Balaban J connectivity index is 3.08. The van der Waals surface area contributed by atoms with Crippen LogP contribution >= 0.6 is 0 Å². The van der Waals surface area contributed by atoms with Crippen molar-refractivity contribution in [3.63, 3.8) is 0 Å². The Kier molecular flexibility index (Phi) is 4.64. The Labute approximate surface area is 106 Å². The van der Waals surface area contributed by atoms with Crippen molar-refractivity contribution in [2.24, 2.45) is 17.3 Å². The van der Waals surface area contributed by atoms with Gasteiger partial charge >= 0.3 is 11.9 Å². The minimum absolute atomic E-state index is 0.124. The summed E-state index contributed by atoms with van der Waals surface area (Å²) in [7, 11) is 1.22. The molecule has 0 bridgehead atoms. The van der Waals surface area contributed by atoms with Gasteiger partial charge in [-0.15, -0.1) is 6.58 Å². The lowest BCUT2D eigenvalue weighted by atomic mass is 9.85. The van der Waals surface area contributed by atoms with Crippen LogP contribution in [0, 0.1) is 17.3 Å². The number of carbonyl (C=O) groups is 3. The summed E-state index contributed by atoms with van der Waals surface area (Å²) in [5.74, 6) is -1.86. The number of hydrogen-bond acceptors (Lipinski definition) is 5. The molecular formula is C13H18O5. The Hall–Kier alpha value is -1.65. The van der Waals surface area contributed by atoms with Gasteiger partial charge in [-0.1, -0.05) is 6.08 Å². The number of rotatable bonds is 5. The third-order valence-corrected chi connectivity index (χ3v) is 3.44. The molecule has 0 N–H and O–H groups in total. The maximum Gasteiger partial charge on any atom is 0.323 e. The summed E-state index contributed by atoms with van der Waals surface area (Å²) in [5, 5.41) is 0. The SMILES string of the molecule is C=C[C@@H]1CC(C(=O)OC)(C(=O)OCC)C[C@H]1C=O. The van der Waals surface area contributed by atoms with Crippen molar-refractivity contribution in [1.82, 2.24) is 0 Å². The van der Waals surface area contributed by atoms with Crippen LogP contribution in [0.5, 0.6) is 0 Å². The molecule has 0 aromatic heterocycles. The summed E-state index contributed by atoms with van der Waals surface area (Å²) in [6.45, 7) is 5.48. The molecule has 1 saturated carbocycles. The van der Waals surface area contributed by atoms with Gasteiger partial charge in [0.1, 0.15) is 6.29 Å². The van der Waals surface area contributed by atoms with E-state index >= 15 is 0 Å². The highest BCUT2D eigenvalue weighted by Gasteiger charge is 2.56. The van der Waals surface area contributed by atoms with Gasteiger partial charge in [0.05, 0.1) is 13.7 Å². The molecule has 5 heteroatoms. The third kappa shape index (κ3) is 2.30. The molecule has 0 saturated heterocycles. The van der Waals surface area contributed by atoms with Crippen molar-refractivity contribution in [1.29, 1.82) is 0 Å². The number of hydrogen-bond donors (Lipinski definition) is 0. The van der Waals surface area contributed by atoms with E-state index in [0.717, 1.165) is 6.29 Å². The molecule has 1 unspecified atom stereocenters. The Morgan fingerprint density at radius 3 is 2.33 bits per heavy atom. The number of ether oxygens (including phenoxy) is 2. The van der Waals surface area contributed by atoms with Crippen LogP contribution in [0.4, 0.5) is 0 Å². The molecule has 0 aliphatic heterocycles. The molecule has 3 atom stereocenters. The van der Waals surface area contributed by atoms with Crippen molar-refractivity contribution in [2.75, 3.05) is 13.7 Å². The number of esters is 2. The van der Waals surface area contributed by atoms with E-state index in [2.05, 4.69) is 6.58 Å². The van der Waals surface area contributed by atoms with Gasteiger partial charge in [0, 0.05) is 5.92 Å². The van der Waals surface area contributed by atoms with Gasteiger partial charge in [-0.05, 0) is 25.7 Å². The van der Waals surface area contributed by atoms with Gasteiger partial charge in [-0.2, -0.15) is 0 Å². The molecular weight excluding hydrogens is 236 g/mol. The lowest BCUT2D eigenvalue weighted by molar-refractivity contribution is -0.170. The first kappa shape index (κ1) is 14.4. The zero-order valence-electron chi connectivity index (χ0n) is 10.7. The summed E-state index contributed by atoms with van der Waals surface area (Å²) in [6.07, 6.45) is 2.70. The molecule has 0 amide bonds. The average Bonchev–Trinajstić information content (AvgIpc) is 2.78. The summed E-state index contributed by atoms with van der Waals surface area (Å²) >= 11 is 0. The van der Waals surface area contributed by atoms with Crippen LogP contribution in [-0.4, -0.2) is 31.9 Å². The van der Waals surface area contributed by atoms with Crippen LogP contribution < -0.4 is 0 Å². The van der Waals surface area contributed by atoms with E-state index < -0.39 is 23.3 Å². The normalized spacial score (nSPS) is 30.6. The fourth-order valence-corrected chi connectivity index (χ4v) is 2.48. The van der Waals surface area contributed by atoms with E-state index in [1.165, 1.54) is 7.11 Å². The van der Waals surface area contributed by atoms with Crippen LogP contribution in [0.15, 0.2) is 12.7 Å². The highest BCUT2D eigenvalue weighted by molar-refractivity contribution is 6.01. The van der Waals surface area contributed by atoms with Crippen molar-refractivity contribution in [3.05, 3.63) is 12.7 Å². The van der Waals surface area contributed by atoms with Crippen molar-refractivity contribution >= 4 is 18.2 Å². The Morgan fingerprint density at radius 2 is 1.94 bits per heavy atom. The van der Waals surface area contributed by atoms with Gasteiger partial charge in [0.15, 0.2) is 5.41 Å². The first-order valence-corrected chi connectivity index (χ1v) is 5.89. The summed E-state index contributed by atoms with van der Waals surface area (Å²) in [5.41, 5.74) is -1.37. The summed E-state index contributed by atoms with van der Waals surface area (Å²) < 4.78 is 9.65. The molecule has 0 aromatic rings. The molecule has 0 spiro atoms. The van der Waals surface area contributed by atoms with E-state index in [-0.39, 0.29) is 25.4 Å². The number of allylic oxidation sites excluding steroid dienone is 1. The van der Waals surface area contributed by atoms with Gasteiger partial charge < -0.3 is 14.3 Å². The van der Waals surface area contributed by atoms with Crippen LogP contribution in [-0.2, 0) is 23.9 Å². The Bertz CT molecular complexity index is 344. The number of carbonyl (C=O) groups excluding carboxylic acids is 3. The average molecular weight is 254 g/mol. The van der Waals surface area contributed by atoms with Crippen molar-refractivity contribution < 1.29 is 23.9 Å². The second kappa shape index (κ2) is 5.80. The highest BCUT2D eigenvalue weighted by Crippen LogP contribution is 2.47. The molecule has 0 aromatic carbocycles. The van der Waals surface area contributed by atoms with E-state index in [0.29, 0.717) is 0 Å². The van der Waals surface area contributed by atoms with Crippen LogP contribution in [0.25, 0.3) is 0 Å². The second-order valence-electron chi connectivity index (χ2n) is 4.40. The minimum atomic E-state index is -1.37. The summed E-state index contributed by atoms with van der Waals surface area (Å²) in [4.78, 5) is 34.9. The Morgan fingerprint density at radius 1 is 1.33 bits per heavy atom. The zero-order chi connectivity index (χ0) is 13.8. The van der Waals surface area contributed by atoms with Crippen LogP contribution in [0.3, 0.4) is 0 Å². The molecule has 0 heterocycles. The van der Waals surface area contributed by atoms with E-state index in [9.17, 15) is 14.4 Å². The predicted octanol–water partition coefficient (Wildman–Crippen LogP) is 1.12. The second-order valence-corrected chi connectivity index (χ2v) is 4.40. The molecule has 0 radical (unpaired) electrons. The molecule has 18 heavy (non-hydrogen) atoms. The van der Waals surface area contributed by atoms with Gasteiger partial charge in [0.25, 0.3) is 0 Å². The first-order valence-electron chi connectivity index (χ1n) is 5.89. The van der Waals surface area contributed by atoms with Crippen molar-refractivity contribution in [2.45, 2.75) is 19.8 Å². The number of methoxy groups -OCH3 is 1. The third-order valence-electron chi connectivity index (χ3n) is 3.44. The van der Waals surface area contributed by atoms with E-state index in [1.807, 2.05) is 0 Å². The maximum atomic E-state index is 12.0. The zero-order valence-corrected chi connectivity index (χ0v) is 10.7. The lowest BCUT2D eigenvalue weighted by Gasteiger charge is -2.23. The minimum Gasteiger partial charge on any atom is -0.468 e. The highest BCUT2D eigenvalue weighted by atomic mass is 16.6. The van der Waals surface area contributed by atoms with E-state index in [4.69, 9.17) is 9.47 Å². The maximum absolute atomic E-state index is 12.0. The van der Waals surface area contributed by atoms with Crippen LogP contribution in [0.1, 0.15) is 19.8 Å². The fraction of sp³-hybridized carbons (Fsp3) is 0.615. The largest absolute Gasteiger partial charge is 0.468 e.